The molecule has 86 valence electrons. The van der Waals surface area contributed by atoms with E-state index in [0.717, 1.165) is 11.5 Å². The Morgan fingerprint density at radius 1 is 1.47 bits per heavy atom. The Kier molecular flexibility index (Phi) is 4.31. The van der Waals surface area contributed by atoms with E-state index in [2.05, 4.69) is 5.32 Å². The maximum atomic E-state index is 10.6. The van der Waals surface area contributed by atoms with Gasteiger partial charge in [-0.15, -0.1) is 0 Å². The second-order valence-corrected chi connectivity index (χ2v) is 5.14. The van der Waals surface area contributed by atoms with Gasteiger partial charge in [0.15, 0.2) is 0 Å². The lowest BCUT2D eigenvalue weighted by atomic mass is 10.4. The predicted molar refractivity (Wildman–Crippen MR) is 57.7 cm³/mol. The summed E-state index contributed by atoms with van der Waals surface area (Å²) in [5.41, 5.74) is 0. The minimum Gasteiger partial charge on any atom is -0.465 e. The zero-order valence-electron chi connectivity index (χ0n) is 8.69. The van der Waals surface area contributed by atoms with Crippen LogP contribution in [0.5, 0.6) is 0 Å². The minimum atomic E-state index is -3.33. The lowest BCUT2D eigenvalue weighted by molar-refractivity contribution is 0.462. The standard InChI is InChI=1S/C9H16N2O3S/c1-8-3-4-9(14-8)7-11-5-2-6-15(10,12)13/h3-4,11H,2,5-7H2,1H3,(H2,10,12,13). The summed E-state index contributed by atoms with van der Waals surface area (Å²) < 4.78 is 26.5. The van der Waals surface area contributed by atoms with E-state index >= 15 is 0 Å². The van der Waals surface area contributed by atoms with Gasteiger partial charge >= 0.3 is 0 Å². The molecule has 0 saturated carbocycles. The van der Waals surface area contributed by atoms with Gasteiger partial charge < -0.3 is 9.73 Å². The fourth-order valence-electron chi connectivity index (χ4n) is 1.19. The molecule has 3 N–H and O–H groups in total. The molecule has 6 heteroatoms. The summed E-state index contributed by atoms with van der Waals surface area (Å²) in [7, 11) is -3.33. The van der Waals surface area contributed by atoms with Gasteiger partial charge in [-0.2, -0.15) is 0 Å². The Labute approximate surface area is 89.7 Å². The molecule has 1 heterocycles. The van der Waals surface area contributed by atoms with Gasteiger partial charge in [-0.1, -0.05) is 0 Å². The topological polar surface area (TPSA) is 85.3 Å². The average Bonchev–Trinajstić information content (AvgIpc) is 2.49. The summed E-state index contributed by atoms with van der Waals surface area (Å²) in [6, 6.07) is 3.78. The summed E-state index contributed by atoms with van der Waals surface area (Å²) in [4.78, 5) is 0. The number of sulfonamides is 1. The van der Waals surface area contributed by atoms with Crippen LogP contribution < -0.4 is 10.5 Å². The molecule has 0 atom stereocenters. The van der Waals surface area contributed by atoms with Gasteiger partial charge in [0.25, 0.3) is 0 Å². The molecule has 0 aliphatic rings. The van der Waals surface area contributed by atoms with E-state index in [1.807, 2.05) is 19.1 Å². The fraction of sp³-hybridized carbons (Fsp3) is 0.556. The van der Waals surface area contributed by atoms with Crippen LogP contribution in [0.15, 0.2) is 16.5 Å². The molecule has 0 aliphatic heterocycles. The molecule has 0 fully saturated rings. The molecule has 1 rings (SSSR count). The molecule has 0 amide bonds. The first-order chi connectivity index (χ1) is 6.97. The first-order valence-electron chi connectivity index (χ1n) is 4.74. The van der Waals surface area contributed by atoms with Crippen molar-refractivity contribution in [2.45, 2.75) is 19.9 Å². The molecule has 1 aromatic rings. The fourth-order valence-corrected chi connectivity index (χ4v) is 1.74. The molecule has 0 spiro atoms. The monoisotopic (exact) mass is 232 g/mol. The van der Waals surface area contributed by atoms with Crippen LogP contribution in [-0.4, -0.2) is 20.7 Å². The quantitative estimate of drug-likeness (QED) is 0.693. The third-order valence-electron chi connectivity index (χ3n) is 1.88. The van der Waals surface area contributed by atoms with Gasteiger partial charge in [0.2, 0.25) is 10.0 Å². The zero-order valence-corrected chi connectivity index (χ0v) is 9.51. The van der Waals surface area contributed by atoms with Crippen molar-refractivity contribution < 1.29 is 12.8 Å². The van der Waals surface area contributed by atoms with Crippen LogP contribution in [0.2, 0.25) is 0 Å². The second-order valence-electron chi connectivity index (χ2n) is 3.41. The van der Waals surface area contributed by atoms with E-state index in [-0.39, 0.29) is 5.75 Å². The van der Waals surface area contributed by atoms with Crippen molar-refractivity contribution in [1.82, 2.24) is 5.32 Å². The number of primary sulfonamides is 1. The van der Waals surface area contributed by atoms with Crippen LogP contribution in [0.1, 0.15) is 17.9 Å². The highest BCUT2D eigenvalue weighted by molar-refractivity contribution is 7.89. The van der Waals surface area contributed by atoms with Crippen molar-refractivity contribution in [3.63, 3.8) is 0 Å². The Balaban J connectivity index is 2.12. The van der Waals surface area contributed by atoms with Crippen molar-refractivity contribution in [2.24, 2.45) is 5.14 Å². The van der Waals surface area contributed by atoms with E-state index in [0.29, 0.717) is 19.5 Å². The predicted octanol–water partition coefficient (Wildman–Crippen LogP) is 0.356. The molecule has 5 nitrogen and oxygen atoms in total. The Morgan fingerprint density at radius 3 is 2.73 bits per heavy atom. The molecular formula is C9H16N2O3S. The van der Waals surface area contributed by atoms with Crippen LogP contribution in [0.3, 0.4) is 0 Å². The molecule has 0 aliphatic carbocycles. The van der Waals surface area contributed by atoms with Crippen LogP contribution in [0.25, 0.3) is 0 Å². The van der Waals surface area contributed by atoms with E-state index in [4.69, 9.17) is 9.56 Å². The first kappa shape index (κ1) is 12.2. The van der Waals surface area contributed by atoms with Gasteiger partial charge in [0, 0.05) is 0 Å². The number of rotatable bonds is 6. The lowest BCUT2D eigenvalue weighted by Gasteiger charge is -2.01. The van der Waals surface area contributed by atoms with Crippen LogP contribution in [-0.2, 0) is 16.6 Å². The van der Waals surface area contributed by atoms with Crippen molar-refractivity contribution >= 4 is 10.0 Å². The van der Waals surface area contributed by atoms with Crippen molar-refractivity contribution in [3.8, 4) is 0 Å². The second kappa shape index (κ2) is 5.29. The van der Waals surface area contributed by atoms with Crippen LogP contribution in [0.4, 0.5) is 0 Å². The molecule has 0 aromatic carbocycles. The highest BCUT2D eigenvalue weighted by atomic mass is 32.2. The molecule has 0 radical (unpaired) electrons. The third kappa shape index (κ3) is 5.56. The van der Waals surface area contributed by atoms with Crippen molar-refractivity contribution in [3.05, 3.63) is 23.7 Å². The first-order valence-corrected chi connectivity index (χ1v) is 6.45. The average molecular weight is 232 g/mol. The summed E-state index contributed by atoms with van der Waals surface area (Å²) in [6.45, 7) is 3.10. The number of aryl methyl sites for hydroxylation is 1. The van der Waals surface area contributed by atoms with E-state index in [1.165, 1.54) is 0 Å². The molecule has 0 unspecified atom stereocenters. The summed E-state index contributed by atoms with van der Waals surface area (Å²) in [5.74, 6) is 1.73. The molecule has 0 bridgehead atoms. The van der Waals surface area contributed by atoms with Crippen LogP contribution in [0, 0.1) is 6.92 Å². The minimum absolute atomic E-state index is 0.0111. The Bertz CT molecular complexity index is 397. The van der Waals surface area contributed by atoms with Crippen molar-refractivity contribution in [1.29, 1.82) is 0 Å². The summed E-state index contributed by atoms with van der Waals surface area (Å²) >= 11 is 0. The highest BCUT2D eigenvalue weighted by Gasteiger charge is 2.02. The number of furan rings is 1. The Hall–Kier alpha value is -0.850. The Morgan fingerprint density at radius 2 is 2.20 bits per heavy atom. The normalized spacial score (nSPS) is 11.9. The summed E-state index contributed by atoms with van der Waals surface area (Å²) in [6.07, 6.45) is 0.512. The largest absolute Gasteiger partial charge is 0.465 e. The number of hydrogen-bond acceptors (Lipinski definition) is 4. The lowest BCUT2D eigenvalue weighted by Crippen LogP contribution is -2.21. The number of hydrogen-bond donors (Lipinski definition) is 2. The van der Waals surface area contributed by atoms with Gasteiger partial charge in [-0.3, -0.25) is 0 Å². The SMILES string of the molecule is Cc1ccc(CNCCCS(N)(=O)=O)o1. The van der Waals surface area contributed by atoms with Crippen LogP contribution >= 0.6 is 0 Å². The molecule has 15 heavy (non-hydrogen) atoms. The summed E-state index contributed by atoms with van der Waals surface area (Å²) in [5, 5.41) is 7.93. The van der Waals surface area contributed by atoms with E-state index < -0.39 is 10.0 Å². The number of nitrogens with two attached hydrogens (primary N) is 1. The molecule has 0 saturated heterocycles. The molecule has 1 aromatic heterocycles. The zero-order chi connectivity index (χ0) is 11.3. The van der Waals surface area contributed by atoms with Gasteiger partial charge in [-0.05, 0) is 32.0 Å². The maximum Gasteiger partial charge on any atom is 0.209 e. The third-order valence-corrected chi connectivity index (χ3v) is 2.74. The number of nitrogens with one attached hydrogen (secondary N) is 1. The van der Waals surface area contributed by atoms with E-state index in [1.54, 1.807) is 0 Å². The highest BCUT2D eigenvalue weighted by Crippen LogP contribution is 2.05. The van der Waals surface area contributed by atoms with E-state index in [9.17, 15) is 8.42 Å². The van der Waals surface area contributed by atoms with Gasteiger partial charge in [-0.25, -0.2) is 13.6 Å². The van der Waals surface area contributed by atoms with Gasteiger partial charge in [0.05, 0.1) is 12.3 Å². The smallest absolute Gasteiger partial charge is 0.209 e. The molecular weight excluding hydrogens is 216 g/mol. The maximum absolute atomic E-state index is 10.6. The van der Waals surface area contributed by atoms with Gasteiger partial charge in [0.1, 0.15) is 11.5 Å². The van der Waals surface area contributed by atoms with Crippen molar-refractivity contribution in [2.75, 3.05) is 12.3 Å².